The number of hydrogen-bond donors (Lipinski definition) is 3. The van der Waals surface area contributed by atoms with Crippen molar-refractivity contribution >= 4 is 23.8 Å². The first-order chi connectivity index (χ1) is 13.5. The van der Waals surface area contributed by atoms with Crippen LogP contribution in [0.15, 0.2) is 52.7 Å². The number of nitrogens with one attached hydrogen (secondary N) is 1. The van der Waals surface area contributed by atoms with Crippen molar-refractivity contribution < 1.29 is 14.6 Å². The van der Waals surface area contributed by atoms with Gasteiger partial charge in [0.15, 0.2) is 22.5 Å². The average molecular weight is 395 g/mol. The Labute approximate surface area is 164 Å². The molecule has 140 valence electrons. The zero-order valence-corrected chi connectivity index (χ0v) is 15.4. The first-order valence-electron chi connectivity index (χ1n) is 7.95. The molecule has 7 nitrogen and oxygen atoms in total. The van der Waals surface area contributed by atoms with Crippen LogP contribution < -0.4 is 5.43 Å². The largest absolute Gasteiger partial charge is 0.504 e. The van der Waals surface area contributed by atoms with Crippen LogP contribution in [-0.4, -0.2) is 32.7 Å². The third-order valence-electron chi connectivity index (χ3n) is 3.72. The van der Waals surface area contributed by atoms with E-state index in [0.717, 1.165) is 0 Å². The number of hydrogen-bond acceptors (Lipinski definition) is 8. The van der Waals surface area contributed by atoms with E-state index in [1.54, 1.807) is 18.4 Å². The van der Waals surface area contributed by atoms with Crippen LogP contribution in [0.2, 0.25) is 0 Å². The minimum atomic E-state index is -0.393. The summed E-state index contributed by atoms with van der Waals surface area (Å²) in [6.07, 6.45) is 3.07. The molecule has 1 aromatic heterocycles. The predicted molar refractivity (Wildman–Crippen MR) is 105 cm³/mol. The second-order valence-corrected chi connectivity index (χ2v) is 6.26. The summed E-state index contributed by atoms with van der Waals surface area (Å²) in [7, 11) is 0. The zero-order chi connectivity index (χ0) is 20.1. The summed E-state index contributed by atoms with van der Waals surface area (Å²) in [5.41, 5.74) is 4.00. The first kappa shape index (κ1) is 19.1. The van der Waals surface area contributed by atoms with Gasteiger partial charge in [0.1, 0.15) is 17.4 Å². The lowest BCUT2D eigenvalue weighted by Gasteiger charge is -2.10. The highest BCUT2D eigenvalue weighted by Gasteiger charge is 2.16. The normalized spacial score (nSPS) is 10.8. The van der Waals surface area contributed by atoms with Gasteiger partial charge in [-0.05, 0) is 42.7 Å². The van der Waals surface area contributed by atoms with Crippen molar-refractivity contribution in [2.75, 3.05) is 11.7 Å². The fourth-order valence-electron chi connectivity index (χ4n) is 2.35. The third kappa shape index (κ3) is 4.02. The van der Waals surface area contributed by atoms with Crippen molar-refractivity contribution in [1.82, 2.24) is 9.97 Å². The Hall–Kier alpha value is -3.64. The Balaban J connectivity index is 1.99. The molecule has 0 aliphatic rings. The first-order valence-corrected chi connectivity index (χ1v) is 9.18. The second kappa shape index (κ2) is 8.37. The van der Waals surface area contributed by atoms with Gasteiger partial charge in [-0.1, -0.05) is 17.8 Å². The van der Waals surface area contributed by atoms with Gasteiger partial charge in [-0.2, -0.15) is 10.4 Å². The van der Waals surface area contributed by atoms with Crippen LogP contribution in [0.3, 0.4) is 0 Å². The number of aromatic nitrogens is 2. The van der Waals surface area contributed by atoms with Crippen molar-refractivity contribution in [2.45, 2.75) is 5.16 Å². The van der Waals surface area contributed by atoms with Crippen LogP contribution in [0.25, 0.3) is 11.3 Å². The average Bonchev–Trinajstić information content (AvgIpc) is 2.71. The summed E-state index contributed by atoms with van der Waals surface area (Å²) in [5.74, 6) is -0.813. The van der Waals surface area contributed by atoms with Crippen LogP contribution in [0.5, 0.6) is 11.5 Å². The van der Waals surface area contributed by atoms with Gasteiger partial charge in [-0.25, -0.2) is 14.4 Å². The molecule has 3 rings (SSSR count). The Morgan fingerprint density at radius 1 is 1.18 bits per heavy atom. The maximum absolute atomic E-state index is 13.2. The Bertz CT molecular complexity index is 1080. The lowest BCUT2D eigenvalue weighted by Crippen LogP contribution is -2.03. The molecular formula is C19H14FN5O2S. The van der Waals surface area contributed by atoms with Crippen LogP contribution >= 0.6 is 11.8 Å². The Kier molecular flexibility index (Phi) is 5.72. The van der Waals surface area contributed by atoms with Crippen molar-refractivity contribution in [2.24, 2.45) is 5.10 Å². The summed E-state index contributed by atoms with van der Waals surface area (Å²) >= 11 is 1.28. The van der Waals surface area contributed by atoms with Crippen LogP contribution in [-0.2, 0) is 0 Å². The number of nitrogens with zero attached hydrogens (tertiary/aromatic N) is 4. The molecular weight excluding hydrogens is 381 g/mol. The highest BCUT2D eigenvalue weighted by atomic mass is 32.2. The highest BCUT2D eigenvalue weighted by molar-refractivity contribution is 7.98. The number of phenolic OH excluding ortho intramolecular Hbond substituents is 2. The SMILES string of the molecule is CSc1nc(N/N=C/c2cccc(O)c2O)c(C#N)c(-c2ccc(F)cc2)n1. The topological polar surface area (TPSA) is 114 Å². The molecule has 0 fully saturated rings. The summed E-state index contributed by atoms with van der Waals surface area (Å²) in [5, 5.41) is 33.3. The zero-order valence-electron chi connectivity index (χ0n) is 14.6. The van der Waals surface area contributed by atoms with Crippen molar-refractivity contribution in [3.63, 3.8) is 0 Å². The smallest absolute Gasteiger partial charge is 0.189 e. The standard InChI is InChI=1S/C19H14FN5O2S/c1-28-19-23-16(11-5-7-13(20)8-6-11)14(9-21)18(24-19)25-22-10-12-3-2-4-15(26)17(12)27/h2-8,10,26-27H,1H3,(H,23,24,25)/b22-10+. The molecule has 0 saturated carbocycles. The van der Waals surface area contributed by atoms with E-state index in [0.29, 0.717) is 16.4 Å². The molecule has 0 spiro atoms. The predicted octanol–water partition coefficient (Wildman–Crippen LogP) is 3.73. The van der Waals surface area contributed by atoms with Gasteiger partial charge in [0.2, 0.25) is 0 Å². The second-order valence-electron chi connectivity index (χ2n) is 5.49. The number of phenols is 2. The maximum Gasteiger partial charge on any atom is 0.189 e. The van der Waals surface area contributed by atoms with Crippen molar-refractivity contribution in [1.29, 1.82) is 5.26 Å². The molecule has 0 bridgehead atoms. The van der Waals surface area contributed by atoms with Crippen molar-refractivity contribution in [3.8, 4) is 28.8 Å². The minimum absolute atomic E-state index is 0.140. The molecule has 0 radical (unpaired) electrons. The van der Waals surface area contributed by atoms with Gasteiger partial charge in [0.25, 0.3) is 0 Å². The molecule has 0 saturated heterocycles. The molecule has 1 heterocycles. The Morgan fingerprint density at radius 2 is 1.93 bits per heavy atom. The lowest BCUT2D eigenvalue weighted by atomic mass is 10.1. The van der Waals surface area contributed by atoms with E-state index in [-0.39, 0.29) is 28.4 Å². The number of nitriles is 1. The number of anilines is 1. The van der Waals surface area contributed by atoms with E-state index in [1.807, 2.05) is 6.07 Å². The number of aromatic hydroxyl groups is 2. The minimum Gasteiger partial charge on any atom is -0.504 e. The van der Waals surface area contributed by atoms with Crippen LogP contribution in [0, 0.1) is 17.1 Å². The molecule has 3 aromatic rings. The van der Waals surface area contributed by atoms with Gasteiger partial charge < -0.3 is 10.2 Å². The summed E-state index contributed by atoms with van der Waals surface area (Å²) < 4.78 is 13.2. The number of hydrazone groups is 1. The van der Waals surface area contributed by atoms with Gasteiger partial charge in [0.05, 0.1) is 11.9 Å². The number of thioether (sulfide) groups is 1. The molecule has 2 aromatic carbocycles. The molecule has 0 atom stereocenters. The number of halogens is 1. The van der Waals surface area contributed by atoms with Gasteiger partial charge in [0, 0.05) is 11.1 Å². The van der Waals surface area contributed by atoms with E-state index in [9.17, 15) is 19.9 Å². The molecule has 0 aliphatic carbocycles. The van der Waals surface area contributed by atoms with E-state index < -0.39 is 5.82 Å². The van der Waals surface area contributed by atoms with Gasteiger partial charge in [-0.3, -0.25) is 5.43 Å². The fraction of sp³-hybridized carbons (Fsp3) is 0.0526. The van der Waals surface area contributed by atoms with Crippen molar-refractivity contribution in [3.05, 3.63) is 59.4 Å². The van der Waals surface area contributed by atoms with Crippen LogP contribution in [0.4, 0.5) is 10.2 Å². The number of para-hydroxylation sites is 1. The quantitative estimate of drug-likeness (QED) is 0.198. The molecule has 28 heavy (non-hydrogen) atoms. The van der Waals surface area contributed by atoms with Gasteiger partial charge in [-0.15, -0.1) is 0 Å². The Morgan fingerprint density at radius 3 is 2.61 bits per heavy atom. The molecule has 0 amide bonds. The summed E-state index contributed by atoms with van der Waals surface area (Å²) in [4.78, 5) is 8.61. The molecule has 0 aliphatic heterocycles. The monoisotopic (exact) mass is 395 g/mol. The fourth-order valence-corrected chi connectivity index (χ4v) is 2.72. The van der Waals surface area contributed by atoms with Crippen LogP contribution in [0.1, 0.15) is 11.1 Å². The van der Waals surface area contributed by atoms with E-state index in [2.05, 4.69) is 20.5 Å². The highest BCUT2D eigenvalue weighted by Crippen LogP contribution is 2.29. The van der Waals surface area contributed by atoms with E-state index in [4.69, 9.17) is 0 Å². The summed E-state index contributed by atoms with van der Waals surface area (Å²) in [6, 6.07) is 12.1. The molecule has 9 heteroatoms. The lowest BCUT2D eigenvalue weighted by molar-refractivity contribution is 0.403. The summed E-state index contributed by atoms with van der Waals surface area (Å²) in [6.45, 7) is 0. The molecule has 3 N–H and O–H groups in total. The third-order valence-corrected chi connectivity index (χ3v) is 4.27. The van der Waals surface area contributed by atoms with E-state index >= 15 is 0 Å². The van der Waals surface area contributed by atoms with Gasteiger partial charge >= 0.3 is 0 Å². The maximum atomic E-state index is 13.2. The number of benzene rings is 2. The van der Waals surface area contributed by atoms with E-state index in [1.165, 1.54) is 48.3 Å². The number of rotatable bonds is 5. The molecule has 0 unspecified atom stereocenters.